The molecular formula is C11H15NO2. The average molecular weight is 193 g/mol. The fourth-order valence-electron chi connectivity index (χ4n) is 1.40. The summed E-state index contributed by atoms with van der Waals surface area (Å²) in [5, 5.41) is 8.85. The minimum Gasteiger partial charge on any atom is -0.478 e. The lowest BCUT2D eigenvalue weighted by atomic mass is 10.1. The van der Waals surface area contributed by atoms with Gasteiger partial charge in [-0.3, -0.25) is 0 Å². The standard InChI is InChI=1S/C11H15NO2/c1-4-9(11(13)14)6-10-5-7(2)12-8(10)3/h5-6,12H,4H2,1-3H3,(H,13,14)/b9-6+. The van der Waals surface area contributed by atoms with Gasteiger partial charge < -0.3 is 10.1 Å². The summed E-state index contributed by atoms with van der Waals surface area (Å²) in [7, 11) is 0. The van der Waals surface area contributed by atoms with Gasteiger partial charge in [0.15, 0.2) is 0 Å². The van der Waals surface area contributed by atoms with E-state index in [4.69, 9.17) is 5.11 Å². The van der Waals surface area contributed by atoms with Crippen molar-refractivity contribution in [2.45, 2.75) is 27.2 Å². The van der Waals surface area contributed by atoms with Gasteiger partial charge in [-0.25, -0.2) is 4.79 Å². The monoisotopic (exact) mass is 193 g/mol. The van der Waals surface area contributed by atoms with Crippen LogP contribution >= 0.6 is 0 Å². The first-order valence-electron chi connectivity index (χ1n) is 4.64. The van der Waals surface area contributed by atoms with Gasteiger partial charge in [-0.2, -0.15) is 0 Å². The Morgan fingerprint density at radius 2 is 2.21 bits per heavy atom. The largest absolute Gasteiger partial charge is 0.478 e. The van der Waals surface area contributed by atoms with E-state index in [2.05, 4.69) is 4.98 Å². The number of H-pyrrole nitrogens is 1. The SMILES string of the molecule is CC/C(=C\c1cc(C)[nH]c1C)C(=O)O. The van der Waals surface area contributed by atoms with E-state index in [0.29, 0.717) is 12.0 Å². The van der Waals surface area contributed by atoms with Crippen LogP contribution in [0, 0.1) is 13.8 Å². The Hall–Kier alpha value is -1.51. The third-order valence-corrected chi connectivity index (χ3v) is 2.18. The van der Waals surface area contributed by atoms with Crippen LogP contribution < -0.4 is 0 Å². The molecule has 1 rings (SSSR count). The third-order valence-electron chi connectivity index (χ3n) is 2.18. The van der Waals surface area contributed by atoms with Crippen LogP contribution in [0.2, 0.25) is 0 Å². The van der Waals surface area contributed by atoms with Crippen molar-refractivity contribution in [2.24, 2.45) is 0 Å². The maximum absolute atomic E-state index is 10.8. The summed E-state index contributed by atoms with van der Waals surface area (Å²) in [6.07, 6.45) is 2.26. The molecule has 0 unspecified atom stereocenters. The minimum absolute atomic E-state index is 0.437. The van der Waals surface area contributed by atoms with Gasteiger partial charge in [0, 0.05) is 17.0 Å². The second-order valence-corrected chi connectivity index (χ2v) is 3.36. The normalized spacial score (nSPS) is 11.8. The van der Waals surface area contributed by atoms with Gasteiger partial charge in [-0.15, -0.1) is 0 Å². The van der Waals surface area contributed by atoms with Crippen molar-refractivity contribution in [1.29, 1.82) is 0 Å². The maximum atomic E-state index is 10.8. The Morgan fingerprint density at radius 3 is 2.57 bits per heavy atom. The van der Waals surface area contributed by atoms with Gasteiger partial charge in [0.1, 0.15) is 0 Å². The Kier molecular flexibility index (Phi) is 3.12. The number of carboxylic acids is 1. The Bertz CT molecular complexity index is 375. The molecule has 3 heteroatoms. The molecule has 1 aromatic heterocycles. The van der Waals surface area contributed by atoms with Crippen LogP contribution in [0.4, 0.5) is 0 Å². The van der Waals surface area contributed by atoms with E-state index in [1.165, 1.54) is 0 Å². The number of carboxylic acid groups (broad SMARTS) is 1. The zero-order chi connectivity index (χ0) is 10.7. The highest BCUT2D eigenvalue weighted by Gasteiger charge is 2.06. The van der Waals surface area contributed by atoms with Crippen LogP contribution in [0.5, 0.6) is 0 Å². The van der Waals surface area contributed by atoms with Gasteiger partial charge in [-0.05, 0) is 38.0 Å². The average Bonchev–Trinajstić information content (AvgIpc) is 2.40. The molecule has 14 heavy (non-hydrogen) atoms. The smallest absolute Gasteiger partial charge is 0.331 e. The van der Waals surface area contributed by atoms with E-state index >= 15 is 0 Å². The highest BCUT2D eigenvalue weighted by atomic mass is 16.4. The van der Waals surface area contributed by atoms with Crippen LogP contribution in [-0.4, -0.2) is 16.1 Å². The molecule has 0 amide bonds. The molecule has 0 aliphatic heterocycles. The summed E-state index contributed by atoms with van der Waals surface area (Å²) < 4.78 is 0. The van der Waals surface area contributed by atoms with Crippen LogP contribution in [0.1, 0.15) is 30.3 Å². The van der Waals surface area contributed by atoms with Gasteiger partial charge in [0.05, 0.1) is 0 Å². The van der Waals surface area contributed by atoms with Crippen molar-refractivity contribution in [2.75, 3.05) is 0 Å². The first-order valence-corrected chi connectivity index (χ1v) is 4.64. The molecule has 0 saturated carbocycles. The fraction of sp³-hybridized carbons (Fsp3) is 0.364. The number of aliphatic carboxylic acids is 1. The number of aryl methyl sites for hydroxylation is 2. The predicted molar refractivity (Wildman–Crippen MR) is 56.2 cm³/mol. The number of aromatic nitrogens is 1. The fourth-order valence-corrected chi connectivity index (χ4v) is 1.40. The molecule has 1 heterocycles. The van der Waals surface area contributed by atoms with Crippen molar-refractivity contribution in [3.63, 3.8) is 0 Å². The molecule has 1 aromatic rings. The van der Waals surface area contributed by atoms with E-state index in [-0.39, 0.29) is 0 Å². The number of rotatable bonds is 3. The van der Waals surface area contributed by atoms with E-state index in [1.807, 2.05) is 26.8 Å². The predicted octanol–water partition coefficient (Wildman–Crippen LogP) is 2.51. The maximum Gasteiger partial charge on any atom is 0.331 e. The quantitative estimate of drug-likeness (QED) is 0.725. The summed E-state index contributed by atoms with van der Waals surface area (Å²) in [4.78, 5) is 13.9. The van der Waals surface area contributed by atoms with Crippen molar-refractivity contribution in [3.05, 3.63) is 28.6 Å². The lowest BCUT2D eigenvalue weighted by Gasteiger charge is -1.97. The van der Waals surface area contributed by atoms with Crippen LogP contribution in [0.25, 0.3) is 6.08 Å². The molecule has 0 bridgehead atoms. The van der Waals surface area contributed by atoms with E-state index in [1.54, 1.807) is 6.08 Å². The molecule has 0 aliphatic rings. The van der Waals surface area contributed by atoms with Crippen molar-refractivity contribution >= 4 is 12.0 Å². The molecule has 0 saturated heterocycles. The lowest BCUT2D eigenvalue weighted by Crippen LogP contribution is -1.98. The second kappa shape index (κ2) is 4.13. The Labute approximate surface area is 83.5 Å². The molecule has 0 aromatic carbocycles. The molecular weight excluding hydrogens is 178 g/mol. The third kappa shape index (κ3) is 2.25. The zero-order valence-corrected chi connectivity index (χ0v) is 8.72. The number of aromatic amines is 1. The molecule has 76 valence electrons. The summed E-state index contributed by atoms with van der Waals surface area (Å²) >= 11 is 0. The number of hydrogen-bond acceptors (Lipinski definition) is 1. The van der Waals surface area contributed by atoms with Crippen molar-refractivity contribution in [3.8, 4) is 0 Å². The van der Waals surface area contributed by atoms with E-state index in [9.17, 15) is 4.79 Å². The van der Waals surface area contributed by atoms with Crippen LogP contribution in [0.15, 0.2) is 11.6 Å². The van der Waals surface area contributed by atoms with E-state index < -0.39 is 5.97 Å². The highest BCUT2D eigenvalue weighted by Crippen LogP contribution is 2.15. The Morgan fingerprint density at radius 1 is 1.57 bits per heavy atom. The topological polar surface area (TPSA) is 53.1 Å². The summed E-state index contributed by atoms with van der Waals surface area (Å²) in [5.41, 5.74) is 3.46. The second-order valence-electron chi connectivity index (χ2n) is 3.36. The number of carbonyl (C=O) groups is 1. The van der Waals surface area contributed by atoms with Crippen molar-refractivity contribution < 1.29 is 9.90 Å². The van der Waals surface area contributed by atoms with E-state index in [0.717, 1.165) is 17.0 Å². The molecule has 0 aliphatic carbocycles. The number of nitrogens with one attached hydrogen (secondary N) is 1. The summed E-state index contributed by atoms with van der Waals surface area (Å²) in [5.74, 6) is -0.842. The van der Waals surface area contributed by atoms with Gasteiger partial charge in [0.2, 0.25) is 0 Å². The molecule has 0 spiro atoms. The summed E-state index contributed by atoms with van der Waals surface area (Å²) in [6, 6.07) is 1.95. The molecule has 0 atom stereocenters. The lowest BCUT2D eigenvalue weighted by molar-refractivity contribution is -0.132. The summed E-state index contributed by atoms with van der Waals surface area (Å²) in [6.45, 7) is 5.74. The molecule has 0 fully saturated rings. The molecule has 2 N–H and O–H groups in total. The zero-order valence-electron chi connectivity index (χ0n) is 8.72. The Balaban J connectivity index is 3.06. The number of hydrogen-bond donors (Lipinski definition) is 2. The molecule has 3 nitrogen and oxygen atoms in total. The molecule has 0 radical (unpaired) electrons. The van der Waals surface area contributed by atoms with Gasteiger partial charge in [-0.1, -0.05) is 6.92 Å². The first-order chi connectivity index (χ1) is 6.54. The highest BCUT2D eigenvalue weighted by molar-refractivity contribution is 5.92. The van der Waals surface area contributed by atoms with Crippen molar-refractivity contribution in [1.82, 2.24) is 4.98 Å². The van der Waals surface area contributed by atoms with Gasteiger partial charge >= 0.3 is 5.97 Å². The van der Waals surface area contributed by atoms with Crippen LogP contribution in [0.3, 0.4) is 0 Å². The van der Waals surface area contributed by atoms with Gasteiger partial charge in [0.25, 0.3) is 0 Å². The first kappa shape index (κ1) is 10.6. The van der Waals surface area contributed by atoms with Crippen LogP contribution in [-0.2, 0) is 4.79 Å². The minimum atomic E-state index is -0.842.